The average molecular weight is 199 g/mol. The van der Waals surface area contributed by atoms with E-state index >= 15 is 0 Å². The first kappa shape index (κ1) is 10.7. The molecule has 0 saturated carbocycles. The van der Waals surface area contributed by atoms with Crippen LogP contribution in [0.2, 0.25) is 0 Å². The Labute approximate surface area is 83.6 Å². The van der Waals surface area contributed by atoms with Gasteiger partial charge in [0, 0.05) is 18.0 Å². The van der Waals surface area contributed by atoms with E-state index in [1.54, 1.807) is 17.5 Å². The molecule has 0 radical (unpaired) electrons. The average Bonchev–Trinajstić information content (AvgIpc) is 2.53. The minimum absolute atomic E-state index is 0.214. The third kappa shape index (κ3) is 4.39. The first-order valence-electron chi connectivity index (χ1n) is 4.75. The van der Waals surface area contributed by atoms with Crippen molar-refractivity contribution in [3.63, 3.8) is 0 Å². The fraction of sp³-hybridized carbons (Fsp3) is 0.700. The maximum atomic E-state index is 9.64. The Bertz CT molecular complexity index is 221. The summed E-state index contributed by atoms with van der Waals surface area (Å²) in [6.45, 7) is 4.35. The quantitative estimate of drug-likeness (QED) is 0.790. The number of thiazole rings is 1. The summed E-state index contributed by atoms with van der Waals surface area (Å²) in [5.74, 6) is 0.672. The molecule has 1 N–H and O–H groups in total. The van der Waals surface area contributed by atoms with E-state index in [9.17, 15) is 5.11 Å². The van der Waals surface area contributed by atoms with Crippen molar-refractivity contribution in [2.75, 3.05) is 0 Å². The van der Waals surface area contributed by atoms with Gasteiger partial charge in [-0.3, -0.25) is 0 Å². The Morgan fingerprint density at radius 2 is 2.23 bits per heavy atom. The zero-order chi connectivity index (χ0) is 9.68. The smallest absolute Gasteiger partial charge is 0.0950 e. The molecular formula is C10H17NOS. The van der Waals surface area contributed by atoms with Gasteiger partial charge in [-0.25, -0.2) is 4.98 Å². The number of rotatable bonds is 5. The van der Waals surface area contributed by atoms with E-state index in [4.69, 9.17) is 0 Å². The largest absolute Gasteiger partial charge is 0.393 e. The highest BCUT2D eigenvalue weighted by Crippen LogP contribution is 2.12. The van der Waals surface area contributed by atoms with Gasteiger partial charge in [0.05, 0.1) is 11.1 Å². The molecular weight excluding hydrogens is 182 g/mol. The lowest BCUT2D eigenvalue weighted by Gasteiger charge is -2.09. The Morgan fingerprint density at radius 1 is 1.46 bits per heavy atom. The van der Waals surface area contributed by atoms with E-state index in [1.165, 1.54) is 0 Å². The standard InChI is InChI=1S/C10H17NOS/c1-8(2)3-4-9(12)7-10-11-5-6-13-10/h5-6,8-9,12H,3-4,7H2,1-2H3. The molecule has 74 valence electrons. The number of hydrogen-bond acceptors (Lipinski definition) is 3. The van der Waals surface area contributed by atoms with E-state index in [1.807, 2.05) is 5.38 Å². The highest BCUT2D eigenvalue weighted by Gasteiger charge is 2.07. The lowest BCUT2D eigenvalue weighted by molar-refractivity contribution is 0.157. The third-order valence-corrected chi connectivity index (χ3v) is 2.77. The second-order valence-electron chi connectivity index (χ2n) is 3.75. The maximum Gasteiger partial charge on any atom is 0.0950 e. The number of aromatic nitrogens is 1. The van der Waals surface area contributed by atoms with Gasteiger partial charge in [-0.15, -0.1) is 11.3 Å². The lowest BCUT2D eigenvalue weighted by atomic mass is 10.0. The molecule has 0 aliphatic heterocycles. The van der Waals surface area contributed by atoms with Gasteiger partial charge < -0.3 is 5.11 Å². The molecule has 1 heterocycles. The lowest BCUT2D eigenvalue weighted by Crippen LogP contribution is -2.11. The van der Waals surface area contributed by atoms with Gasteiger partial charge in [-0.05, 0) is 18.8 Å². The highest BCUT2D eigenvalue weighted by atomic mass is 32.1. The second kappa shape index (κ2) is 5.35. The molecule has 0 aliphatic carbocycles. The minimum Gasteiger partial charge on any atom is -0.393 e. The van der Waals surface area contributed by atoms with Crippen LogP contribution in [0.5, 0.6) is 0 Å². The Kier molecular flexibility index (Phi) is 4.39. The molecule has 0 bridgehead atoms. The summed E-state index contributed by atoms with van der Waals surface area (Å²) in [6.07, 6.45) is 4.26. The van der Waals surface area contributed by atoms with Crippen molar-refractivity contribution in [2.45, 2.75) is 39.2 Å². The summed E-state index contributed by atoms with van der Waals surface area (Å²) in [5, 5.41) is 12.6. The predicted octanol–water partition coefficient (Wildman–Crippen LogP) is 2.48. The fourth-order valence-corrected chi connectivity index (χ4v) is 1.87. The first-order valence-corrected chi connectivity index (χ1v) is 5.63. The van der Waals surface area contributed by atoms with Crippen molar-refractivity contribution in [1.29, 1.82) is 0 Å². The predicted molar refractivity (Wildman–Crippen MR) is 55.9 cm³/mol. The van der Waals surface area contributed by atoms with Crippen LogP contribution >= 0.6 is 11.3 Å². The van der Waals surface area contributed by atoms with Crippen LogP contribution in [-0.4, -0.2) is 16.2 Å². The number of aliphatic hydroxyl groups is 1. The van der Waals surface area contributed by atoms with Crippen molar-refractivity contribution in [3.05, 3.63) is 16.6 Å². The van der Waals surface area contributed by atoms with Gasteiger partial charge in [0.15, 0.2) is 0 Å². The van der Waals surface area contributed by atoms with E-state index in [-0.39, 0.29) is 6.10 Å². The van der Waals surface area contributed by atoms with Crippen LogP contribution in [0.3, 0.4) is 0 Å². The zero-order valence-electron chi connectivity index (χ0n) is 8.23. The molecule has 3 heteroatoms. The van der Waals surface area contributed by atoms with Crippen LogP contribution in [0.15, 0.2) is 11.6 Å². The van der Waals surface area contributed by atoms with Crippen molar-refractivity contribution in [3.8, 4) is 0 Å². The third-order valence-electron chi connectivity index (χ3n) is 1.97. The van der Waals surface area contributed by atoms with E-state index < -0.39 is 0 Å². The molecule has 0 spiro atoms. The number of hydrogen-bond donors (Lipinski definition) is 1. The first-order chi connectivity index (χ1) is 6.18. The zero-order valence-corrected chi connectivity index (χ0v) is 9.05. The van der Waals surface area contributed by atoms with Gasteiger partial charge in [-0.1, -0.05) is 13.8 Å². The summed E-state index contributed by atoms with van der Waals surface area (Å²) in [7, 11) is 0. The molecule has 0 saturated heterocycles. The maximum absolute atomic E-state index is 9.64. The highest BCUT2D eigenvalue weighted by molar-refractivity contribution is 7.09. The van der Waals surface area contributed by atoms with Gasteiger partial charge in [0.2, 0.25) is 0 Å². The van der Waals surface area contributed by atoms with E-state index in [0.717, 1.165) is 17.8 Å². The fourth-order valence-electron chi connectivity index (χ4n) is 1.18. The molecule has 0 aliphatic rings. The number of aliphatic hydroxyl groups excluding tert-OH is 1. The molecule has 1 aromatic rings. The number of nitrogens with zero attached hydrogens (tertiary/aromatic N) is 1. The van der Waals surface area contributed by atoms with E-state index in [0.29, 0.717) is 12.3 Å². The van der Waals surface area contributed by atoms with Crippen molar-refractivity contribution in [2.24, 2.45) is 5.92 Å². The van der Waals surface area contributed by atoms with Crippen LogP contribution in [-0.2, 0) is 6.42 Å². The normalized spacial score (nSPS) is 13.5. The van der Waals surface area contributed by atoms with Crippen LogP contribution in [0.4, 0.5) is 0 Å². The van der Waals surface area contributed by atoms with Gasteiger partial charge >= 0.3 is 0 Å². The minimum atomic E-state index is -0.214. The molecule has 13 heavy (non-hydrogen) atoms. The molecule has 2 nitrogen and oxygen atoms in total. The Hall–Kier alpha value is -0.410. The SMILES string of the molecule is CC(C)CCC(O)Cc1nccs1. The molecule has 0 fully saturated rings. The van der Waals surface area contributed by atoms with Gasteiger partial charge in [0.25, 0.3) is 0 Å². The summed E-state index contributed by atoms with van der Waals surface area (Å²) in [6, 6.07) is 0. The Morgan fingerprint density at radius 3 is 2.77 bits per heavy atom. The molecule has 0 amide bonds. The van der Waals surface area contributed by atoms with Gasteiger partial charge in [0.1, 0.15) is 0 Å². The summed E-state index contributed by atoms with van der Waals surface area (Å²) in [4.78, 5) is 4.14. The molecule has 1 unspecified atom stereocenters. The van der Waals surface area contributed by atoms with Crippen molar-refractivity contribution >= 4 is 11.3 Å². The van der Waals surface area contributed by atoms with Crippen LogP contribution in [0.25, 0.3) is 0 Å². The van der Waals surface area contributed by atoms with Gasteiger partial charge in [-0.2, -0.15) is 0 Å². The van der Waals surface area contributed by atoms with Crippen LogP contribution in [0, 0.1) is 5.92 Å². The van der Waals surface area contributed by atoms with E-state index in [2.05, 4.69) is 18.8 Å². The topological polar surface area (TPSA) is 33.1 Å². The molecule has 0 aromatic carbocycles. The van der Waals surface area contributed by atoms with Crippen molar-refractivity contribution < 1.29 is 5.11 Å². The summed E-state index contributed by atoms with van der Waals surface area (Å²) >= 11 is 1.61. The van der Waals surface area contributed by atoms with Crippen molar-refractivity contribution in [1.82, 2.24) is 4.98 Å². The summed E-state index contributed by atoms with van der Waals surface area (Å²) < 4.78 is 0. The van der Waals surface area contributed by atoms with Crippen LogP contribution < -0.4 is 0 Å². The molecule has 1 atom stereocenters. The summed E-state index contributed by atoms with van der Waals surface area (Å²) in [5.41, 5.74) is 0. The monoisotopic (exact) mass is 199 g/mol. The molecule has 1 rings (SSSR count). The van der Waals surface area contributed by atoms with Crippen LogP contribution in [0.1, 0.15) is 31.7 Å². The Balaban J connectivity index is 2.22. The molecule has 1 aromatic heterocycles. The second-order valence-corrected chi connectivity index (χ2v) is 4.73.